The first-order valence-corrected chi connectivity index (χ1v) is 5.19. The van der Waals surface area contributed by atoms with E-state index in [0.717, 1.165) is 5.52 Å². The average Bonchev–Trinajstić information content (AvgIpc) is 2.28. The van der Waals surface area contributed by atoms with Crippen molar-refractivity contribution in [1.29, 1.82) is 0 Å². The Labute approximate surface area is 90.1 Å². The van der Waals surface area contributed by atoms with Crippen molar-refractivity contribution in [3.63, 3.8) is 0 Å². The van der Waals surface area contributed by atoms with E-state index >= 15 is 0 Å². The van der Waals surface area contributed by atoms with Crippen molar-refractivity contribution in [2.45, 2.75) is 19.3 Å². The van der Waals surface area contributed by atoms with Crippen LogP contribution in [-0.2, 0) is 5.41 Å². The number of aromatic nitrogens is 1. The zero-order valence-corrected chi connectivity index (χ0v) is 9.20. The Morgan fingerprint density at radius 1 is 1.20 bits per heavy atom. The summed E-state index contributed by atoms with van der Waals surface area (Å²) in [5.74, 6) is 0. The normalized spacial score (nSPS) is 11.9. The van der Waals surface area contributed by atoms with E-state index in [-0.39, 0.29) is 5.41 Å². The highest BCUT2D eigenvalue weighted by atomic mass is 14.7. The summed E-state index contributed by atoms with van der Waals surface area (Å²) in [6.45, 7) is 4.96. The van der Waals surface area contributed by atoms with Gasteiger partial charge in [0.1, 0.15) is 0 Å². The molecule has 0 radical (unpaired) electrons. The highest BCUT2D eigenvalue weighted by Gasteiger charge is 2.20. The molecule has 0 aliphatic heterocycles. The first-order chi connectivity index (χ1) is 7.15. The Morgan fingerprint density at radius 2 is 1.93 bits per heavy atom. The number of rotatable bonds is 2. The van der Waals surface area contributed by atoms with Gasteiger partial charge in [0.25, 0.3) is 0 Å². The van der Waals surface area contributed by atoms with E-state index in [1.165, 1.54) is 10.9 Å². The Morgan fingerprint density at radius 3 is 2.67 bits per heavy atom. The minimum absolute atomic E-state index is 0.00252. The molecule has 0 unspecified atom stereocenters. The van der Waals surface area contributed by atoms with Crippen LogP contribution in [0.1, 0.15) is 19.4 Å². The summed E-state index contributed by atoms with van der Waals surface area (Å²) >= 11 is 0. The van der Waals surface area contributed by atoms with Gasteiger partial charge in [-0.3, -0.25) is 4.98 Å². The zero-order valence-electron chi connectivity index (χ0n) is 9.20. The molecule has 0 amide bonds. The molecule has 15 heavy (non-hydrogen) atoms. The standard InChI is InChI=1S/C13H16N2/c1-13(2,9-14)11-7-8-15-12-6-4-3-5-10(11)12/h3-8H,9,14H2,1-2H3. The van der Waals surface area contributed by atoms with E-state index in [0.29, 0.717) is 6.54 Å². The molecular formula is C13H16N2. The van der Waals surface area contributed by atoms with Gasteiger partial charge in [-0.15, -0.1) is 0 Å². The van der Waals surface area contributed by atoms with Crippen molar-refractivity contribution in [2.75, 3.05) is 6.54 Å². The molecule has 0 saturated heterocycles. The number of fused-ring (bicyclic) bond motifs is 1. The molecule has 2 rings (SSSR count). The maximum absolute atomic E-state index is 5.81. The smallest absolute Gasteiger partial charge is 0.0704 e. The molecule has 0 bridgehead atoms. The Balaban J connectivity index is 2.71. The first-order valence-electron chi connectivity index (χ1n) is 5.19. The van der Waals surface area contributed by atoms with Gasteiger partial charge in [-0.25, -0.2) is 0 Å². The van der Waals surface area contributed by atoms with E-state index in [1.807, 2.05) is 24.4 Å². The predicted molar refractivity (Wildman–Crippen MR) is 63.8 cm³/mol. The minimum Gasteiger partial charge on any atom is -0.330 e. The van der Waals surface area contributed by atoms with Crippen LogP contribution in [0.15, 0.2) is 36.5 Å². The van der Waals surface area contributed by atoms with Crippen molar-refractivity contribution < 1.29 is 0 Å². The molecule has 2 aromatic rings. The number of pyridine rings is 1. The molecule has 0 fully saturated rings. The lowest BCUT2D eigenvalue weighted by atomic mass is 9.83. The molecule has 0 aliphatic carbocycles. The summed E-state index contributed by atoms with van der Waals surface area (Å²) in [5.41, 5.74) is 8.12. The number of hydrogen-bond acceptors (Lipinski definition) is 2. The largest absolute Gasteiger partial charge is 0.330 e. The van der Waals surface area contributed by atoms with Crippen LogP contribution in [0.3, 0.4) is 0 Å². The van der Waals surface area contributed by atoms with Crippen LogP contribution in [0.4, 0.5) is 0 Å². The number of para-hydroxylation sites is 1. The Bertz CT molecular complexity index is 469. The van der Waals surface area contributed by atoms with E-state index in [2.05, 4.69) is 31.0 Å². The summed E-state index contributed by atoms with van der Waals surface area (Å²) in [7, 11) is 0. The van der Waals surface area contributed by atoms with Crippen molar-refractivity contribution in [3.8, 4) is 0 Å². The molecular weight excluding hydrogens is 184 g/mol. The van der Waals surface area contributed by atoms with Gasteiger partial charge in [0.15, 0.2) is 0 Å². The predicted octanol–water partition coefficient (Wildman–Crippen LogP) is 2.47. The molecule has 1 aromatic carbocycles. The lowest BCUT2D eigenvalue weighted by Gasteiger charge is -2.24. The van der Waals surface area contributed by atoms with Crippen LogP contribution >= 0.6 is 0 Å². The molecule has 0 atom stereocenters. The van der Waals surface area contributed by atoms with Gasteiger partial charge in [0.2, 0.25) is 0 Å². The molecule has 2 nitrogen and oxygen atoms in total. The maximum atomic E-state index is 5.81. The Kier molecular flexibility index (Phi) is 2.45. The fourth-order valence-electron chi connectivity index (χ4n) is 1.80. The van der Waals surface area contributed by atoms with Gasteiger partial charge in [0, 0.05) is 23.5 Å². The fourth-order valence-corrected chi connectivity index (χ4v) is 1.80. The van der Waals surface area contributed by atoms with E-state index in [1.54, 1.807) is 0 Å². The van der Waals surface area contributed by atoms with Gasteiger partial charge in [-0.05, 0) is 17.7 Å². The number of hydrogen-bond donors (Lipinski definition) is 1. The summed E-state index contributed by atoms with van der Waals surface area (Å²) in [5, 5.41) is 1.20. The second kappa shape index (κ2) is 3.63. The van der Waals surface area contributed by atoms with Crippen molar-refractivity contribution >= 4 is 10.9 Å². The average molecular weight is 200 g/mol. The fraction of sp³-hybridized carbons (Fsp3) is 0.308. The van der Waals surface area contributed by atoms with Crippen LogP contribution in [-0.4, -0.2) is 11.5 Å². The lowest BCUT2D eigenvalue weighted by Crippen LogP contribution is -2.28. The quantitative estimate of drug-likeness (QED) is 0.808. The molecule has 0 aliphatic rings. The molecule has 78 valence electrons. The highest BCUT2D eigenvalue weighted by molar-refractivity contribution is 5.82. The molecule has 1 heterocycles. The van der Waals surface area contributed by atoms with Crippen LogP contribution in [0.2, 0.25) is 0 Å². The third kappa shape index (κ3) is 1.73. The van der Waals surface area contributed by atoms with E-state index in [9.17, 15) is 0 Å². The molecule has 0 saturated carbocycles. The van der Waals surface area contributed by atoms with Crippen molar-refractivity contribution in [2.24, 2.45) is 5.73 Å². The van der Waals surface area contributed by atoms with Crippen LogP contribution < -0.4 is 5.73 Å². The highest BCUT2D eigenvalue weighted by Crippen LogP contribution is 2.28. The topological polar surface area (TPSA) is 38.9 Å². The minimum atomic E-state index is 0.00252. The summed E-state index contributed by atoms with van der Waals surface area (Å²) in [6.07, 6.45) is 1.86. The van der Waals surface area contributed by atoms with Gasteiger partial charge >= 0.3 is 0 Å². The summed E-state index contributed by atoms with van der Waals surface area (Å²) in [4.78, 5) is 4.35. The lowest BCUT2D eigenvalue weighted by molar-refractivity contribution is 0.543. The van der Waals surface area contributed by atoms with Crippen LogP contribution in [0, 0.1) is 0 Å². The summed E-state index contributed by atoms with van der Waals surface area (Å²) < 4.78 is 0. The molecule has 1 aromatic heterocycles. The monoisotopic (exact) mass is 200 g/mol. The second-order valence-corrected chi connectivity index (χ2v) is 4.46. The third-order valence-electron chi connectivity index (χ3n) is 2.89. The van der Waals surface area contributed by atoms with Crippen molar-refractivity contribution in [3.05, 3.63) is 42.1 Å². The van der Waals surface area contributed by atoms with Gasteiger partial charge in [-0.1, -0.05) is 32.0 Å². The van der Waals surface area contributed by atoms with Crippen LogP contribution in [0.25, 0.3) is 10.9 Å². The van der Waals surface area contributed by atoms with E-state index in [4.69, 9.17) is 5.73 Å². The zero-order chi connectivity index (χ0) is 10.9. The van der Waals surface area contributed by atoms with Gasteiger partial charge in [0.05, 0.1) is 5.52 Å². The molecule has 0 spiro atoms. The maximum Gasteiger partial charge on any atom is 0.0704 e. The molecule has 2 N–H and O–H groups in total. The van der Waals surface area contributed by atoms with Gasteiger partial charge in [-0.2, -0.15) is 0 Å². The third-order valence-corrected chi connectivity index (χ3v) is 2.89. The second-order valence-electron chi connectivity index (χ2n) is 4.46. The summed E-state index contributed by atoms with van der Waals surface area (Å²) in [6, 6.07) is 10.3. The number of nitrogens with zero attached hydrogens (tertiary/aromatic N) is 1. The first kappa shape index (κ1) is 10.1. The van der Waals surface area contributed by atoms with E-state index < -0.39 is 0 Å². The van der Waals surface area contributed by atoms with Crippen LogP contribution in [0.5, 0.6) is 0 Å². The van der Waals surface area contributed by atoms with Crippen molar-refractivity contribution in [1.82, 2.24) is 4.98 Å². The SMILES string of the molecule is CC(C)(CN)c1ccnc2ccccc12. The number of benzene rings is 1. The molecule has 2 heteroatoms. The number of nitrogens with two attached hydrogens (primary N) is 1. The Hall–Kier alpha value is -1.41. The van der Waals surface area contributed by atoms with Gasteiger partial charge < -0.3 is 5.73 Å².